The van der Waals surface area contributed by atoms with Gasteiger partial charge in [-0.25, -0.2) is 0 Å². The van der Waals surface area contributed by atoms with Crippen LogP contribution in [0.4, 0.5) is 0 Å². The molecule has 1 aliphatic carbocycles. The molecule has 1 aromatic carbocycles. The summed E-state index contributed by atoms with van der Waals surface area (Å²) in [7, 11) is 1.82. The minimum Gasteiger partial charge on any atom is -0.340 e. The third-order valence-electron chi connectivity index (χ3n) is 5.38. The van der Waals surface area contributed by atoms with Gasteiger partial charge in [-0.15, -0.1) is 11.8 Å². The summed E-state index contributed by atoms with van der Waals surface area (Å²) in [6.07, 6.45) is 7.41. The monoisotopic (exact) mass is 346 g/mol. The lowest BCUT2D eigenvalue weighted by molar-refractivity contribution is -0.137. The third kappa shape index (κ3) is 3.77. The minimum absolute atomic E-state index is 0.0213. The van der Waals surface area contributed by atoms with Crippen LogP contribution in [0.5, 0.6) is 0 Å². The number of likely N-dealkylation sites (N-methyl/N-ethyl adjacent to an activating group) is 1. The van der Waals surface area contributed by atoms with Crippen LogP contribution in [0.2, 0.25) is 0 Å². The molecule has 1 aromatic rings. The first-order chi connectivity index (χ1) is 11.5. The van der Waals surface area contributed by atoms with Crippen LogP contribution in [0.1, 0.15) is 37.7 Å². The summed E-state index contributed by atoms with van der Waals surface area (Å²) in [6.45, 7) is 1.58. The Bertz CT molecular complexity index is 626. The number of amides is 2. The van der Waals surface area contributed by atoms with Crippen molar-refractivity contribution in [1.29, 1.82) is 0 Å². The standard InChI is InChI=1S/C19H26N2O2S/c1-20(12-15-6-5-7-16(10-15)24-2)18(23)13-21-14-19(11-17(21)22)8-3-4-9-19/h5-7,10H,3-4,8-9,11-14H2,1-2H3. The first-order valence-corrected chi connectivity index (χ1v) is 9.88. The highest BCUT2D eigenvalue weighted by molar-refractivity contribution is 7.98. The van der Waals surface area contributed by atoms with Crippen molar-refractivity contribution in [2.75, 3.05) is 26.4 Å². The fourth-order valence-corrected chi connectivity index (χ4v) is 4.49. The summed E-state index contributed by atoms with van der Waals surface area (Å²) < 4.78 is 0. The first-order valence-electron chi connectivity index (χ1n) is 8.66. The Balaban J connectivity index is 1.57. The van der Waals surface area contributed by atoms with Crippen LogP contribution in [-0.4, -0.2) is 48.0 Å². The second kappa shape index (κ2) is 7.18. The smallest absolute Gasteiger partial charge is 0.242 e. The van der Waals surface area contributed by atoms with E-state index in [1.165, 1.54) is 17.7 Å². The Kier molecular flexibility index (Phi) is 5.18. The van der Waals surface area contributed by atoms with Crippen molar-refractivity contribution in [2.45, 2.75) is 43.5 Å². The highest BCUT2D eigenvalue weighted by atomic mass is 32.2. The predicted molar refractivity (Wildman–Crippen MR) is 96.8 cm³/mol. The Morgan fingerprint density at radius 2 is 2.08 bits per heavy atom. The molecule has 1 heterocycles. The van der Waals surface area contributed by atoms with Crippen molar-refractivity contribution in [2.24, 2.45) is 5.41 Å². The van der Waals surface area contributed by atoms with E-state index in [4.69, 9.17) is 0 Å². The molecule has 5 heteroatoms. The molecule has 0 atom stereocenters. The number of carbonyl (C=O) groups excluding carboxylic acids is 2. The van der Waals surface area contributed by atoms with E-state index in [0.29, 0.717) is 13.0 Å². The van der Waals surface area contributed by atoms with E-state index in [-0.39, 0.29) is 23.8 Å². The van der Waals surface area contributed by atoms with Gasteiger partial charge in [-0.05, 0) is 42.2 Å². The minimum atomic E-state index is 0.0213. The first kappa shape index (κ1) is 17.3. The van der Waals surface area contributed by atoms with Gasteiger partial charge in [0.25, 0.3) is 0 Å². The van der Waals surface area contributed by atoms with Crippen LogP contribution in [0.15, 0.2) is 29.2 Å². The molecule has 1 saturated carbocycles. The maximum absolute atomic E-state index is 12.5. The molecule has 0 bridgehead atoms. The van der Waals surface area contributed by atoms with E-state index >= 15 is 0 Å². The quantitative estimate of drug-likeness (QED) is 0.769. The van der Waals surface area contributed by atoms with Crippen LogP contribution in [0, 0.1) is 5.41 Å². The van der Waals surface area contributed by atoms with Crippen molar-refractivity contribution < 1.29 is 9.59 Å². The van der Waals surface area contributed by atoms with E-state index in [1.807, 2.05) is 25.4 Å². The molecule has 0 unspecified atom stereocenters. The summed E-state index contributed by atoms with van der Waals surface area (Å²) in [5.74, 6) is 0.177. The molecule has 0 aromatic heterocycles. The number of hydrogen-bond acceptors (Lipinski definition) is 3. The zero-order valence-electron chi connectivity index (χ0n) is 14.6. The average Bonchev–Trinajstić information content (AvgIpc) is 3.14. The highest BCUT2D eigenvalue weighted by Crippen LogP contribution is 2.45. The summed E-state index contributed by atoms with van der Waals surface area (Å²) in [5.41, 5.74) is 1.29. The van der Waals surface area contributed by atoms with Gasteiger partial charge in [0.1, 0.15) is 0 Å². The predicted octanol–water partition coefficient (Wildman–Crippen LogP) is 3.16. The van der Waals surface area contributed by atoms with E-state index in [2.05, 4.69) is 12.1 Å². The van der Waals surface area contributed by atoms with Gasteiger partial charge in [-0.2, -0.15) is 0 Å². The molecule has 0 radical (unpaired) electrons. The zero-order chi connectivity index (χ0) is 17.2. The number of nitrogens with zero attached hydrogens (tertiary/aromatic N) is 2. The molecular weight excluding hydrogens is 320 g/mol. The fraction of sp³-hybridized carbons (Fsp3) is 0.579. The zero-order valence-corrected chi connectivity index (χ0v) is 15.4. The maximum atomic E-state index is 12.5. The van der Waals surface area contributed by atoms with Gasteiger partial charge < -0.3 is 9.80 Å². The summed E-state index contributed by atoms with van der Waals surface area (Å²) in [5, 5.41) is 0. The Morgan fingerprint density at radius 3 is 2.79 bits per heavy atom. The third-order valence-corrected chi connectivity index (χ3v) is 6.10. The Morgan fingerprint density at radius 1 is 1.33 bits per heavy atom. The average molecular weight is 346 g/mol. The van der Waals surface area contributed by atoms with Gasteiger partial charge in [-0.1, -0.05) is 25.0 Å². The van der Waals surface area contributed by atoms with Gasteiger partial charge in [0.2, 0.25) is 11.8 Å². The van der Waals surface area contributed by atoms with Gasteiger partial charge >= 0.3 is 0 Å². The van der Waals surface area contributed by atoms with Crippen molar-refractivity contribution >= 4 is 23.6 Å². The van der Waals surface area contributed by atoms with E-state index in [9.17, 15) is 9.59 Å². The lowest BCUT2D eigenvalue weighted by Crippen LogP contribution is -2.39. The van der Waals surface area contributed by atoms with E-state index < -0.39 is 0 Å². The molecule has 1 spiro atoms. The normalized spacial score (nSPS) is 19.2. The Labute approximate surface area is 148 Å². The second-order valence-electron chi connectivity index (χ2n) is 7.24. The molecular formula is C19H26N2O2S. The number of rotatable bonds is 5. The largest absolute Gasteiger partial charge is 0.340 e. The number of carbonyl (C=O) groups is 2. The fourth-order valence-electron chi connectivity index (χ4n) is 4.00. The van der Waals surface area contributed by atoms with Crippen molar-refractivity contribution in [3.8, 4) is 0 Å². The van der Waals surface area contributed by atoms with Gasteiger partial charge in [0, 0.05) is 31.5 Å². The van der Waals surface area contributed by atoms with Crippen molar-refractivity contribution in [3.63, 3.8) is 0 Å². The summed E-state index contributed by atoms with van der Waals surface area (Å²) in [6, 6.07) is 8.24. The summed E-state index contributed by atoms with van der Waals surface area (Å²) in [4.78, 5) is 29.5. The number of likely N-dealkylation sites (tertiary alicyclic amines) is 1. The van der Waals surface area contributed by atoms with Crippen LogP contribution in [0.25, 0.3) is 0 Å². The van der Waals surface area contributed by atoms with Crippen LogP contribution < -0.4 is 0 Å². The number of hydrogen-bond donors (Lipinski definition) is 0. The van der Waals surface area contributed by atoms with E-state index in [1.54, 1.807) is 21.6 Å². The molecule has 24 heavy (non-hydrogen) atoms. The Hall–Kier alpha value is -1.49. The molecule has 1 saturated heterocycles. The summed E-state index contributed by atoms with van der Waals surface area (Å²) >= 11 is 1.70. The molecule has 130 valence electrons. The van der Waals surface area contributed by atoms with Crippen molar-refractivity contribution in [3.05, 3.63) is 29.8 Å². The van der Waals surface area contributed by atoms with Crippen molar-refractivity contribution in [1.82, 2.24) is 9.80 Å². The molecule has 3 rings (SSSR count). The van der Waals surface area contributed by atoms with E-state index in [0.717, 1.165) is 24.9 Å². The number of benzene rings is 1. The lowest BCUT2D eigenvalue weighted by atomic mass is 9.85. The topological polar surface area (TPSA) is 40.6 Å². The molecule has 0 N–H and O–H groups in total. The SMILES string of the molecule is CSc1cccc(CN(C)C(=O)CN2CC3(CCCC3)CC2=O)c1. The highest BCUT2D eigenvalue weighted by Gasteiger charge is 2.45. The van der Waals surface area contributed by atoms with Crippen LogP contribution in [-0.2, 0) is 16.1 Å². The number of thioether (sulfide) groups is 1. The molecule has 4 nitrogen and oxygen atoms in total. The molecule has 2 amide bonds. The van der Waals surface area contributed by atoms with Gasteiger partial charge in [0.05, 0.1) is 6.54 Å². The molecule has 1 aliphatic heterocycles. The van der Waals surface area contributed by atoms with Crippen LogP contribution in [0.3, 0.4) is 0 Å². The van der Waals surface area contributed by atoms with Gasteiger partial charge in [-0.3, -0.25) is 9.59 Å². The second-order valence-corrected chi connectivity index (χ2v) is 8.11. The van der Waals surface area contributed by atoms with Gasteiger partial charge in [0.15, 0.2) is 0 Å². The maximum Gasteiger partial charge on any atom is 0.242 e. The lowest BCUT2D eigenvalue weighted by Gasteiger charge is -2.25. The molecule has 2 aliphatic rings. The van der Waals surface area contributed by atoms with Crippen LogP contribution >= 0.6 is 11.8 Å². The molecule has 2 fully saturated rings.